The van der Waals surface area contributed by atoms with Crippen LogP contribution in [0.25, 0.3) is 15.9 Å². The van der Waals surface area contributed by atoms with Gasteiger partial charge in [-0.25, -0.2) is 18.1 Å². The third-order valence-corrected chi connectivity index (χ3v) is 9.61. The molecule has 13 nitrogen and oxygen atoms in total. The molecule has 0 aliphatic carbocycles. The summed E-state index contributed by atoms with van der Waals surface area (Å²) in [6, 6.07) is 12.1. The summed E-state index contributed by atoms with van der Waals surface area (Å²) < 4.78 is 31.8. The molecule has 3 heterocycles. The average molecular weight is 656 g/mol. The van der Waals surface area contributed by atoms with Gasteiger partial charge in [0.05, 0.1) is 28.1 Å². The number of aryl methyl sites for hydroxylation is 2. The number of fused-ring (bicyclic) bond motifs is 1. The molecule has 2 aromatic carbocycles. The van der Waals surface area contributed by atoms with Crippen molar-refractivity contribution in [2.45, 2.75) is 32.1 Å². The average Bonchev–Trinajstić information content (AvgIpc) is 3.37. The number of aromatic nitrogens is 4. The number of para-hydroxylation sites is 1. The highest BCUT2D eigenvalue weighted by Gasteiger charge is 2.24. The van der Waals surface area contributed by atoms with Crippen LogP contribution in [0.3, 0.4) is 0 Å². The lowest BCUT2D eigenvalue weighted by Crippen LogP contribution is -2.42. The molecule has 5 rings (SSSR count). The quantitative estimate of drug-likeness (QED) is 0.195. The molecule has 0 saturated carbocycles. The highest BCUT2D eigenvalue weighted by atomic mass is 35.5. The van der Waals surface area contributed by atoms with Crippen LogP contribution in [0, 0.1) is 20.8 Å². The molecule has 228 valence electrons. The number of aromatic amines is 1. The molecule has 0 aliphatic rings. The van der Waals surface area contributed by atoms with Crippen LogP contribution in [0.5, 0.6) is 0 Å². The highest BCUT2D eigenvalue weighted by molar-refractivity contribution is 7.92. The van der Waals surface area contributed by atoms with Crippen LogP contribution in [0.15, 0.2) is 63.0 Å². The molecule has 0 fully saturated rings. The van der Waals surface area contributed by atoms with Gasteiger partial charge in [0.15, 0.2) is 0 Å². The van der Waals surface area contributed by atoms with Gasteiger partial charge in [-0.3, -0.25) is 39.4 Å². The van der Waals surface area contributed by atoms with E-state index >= 15 is 0 Å². The van der Waals surface area contributed by atoms with Gasteiger partial charge < -0.3 is 4.98 Å². The van der Waals surface area contributed by atoms with Crippen molar-refractivity contribution in [1.82, 2.24) is 30.2 Å². The summed E-state index contributed by atoms with van der Waals surface area (Å²) >= 11 is 7.49. The molecule has 0 radical (unpaired) electrons. The van der Waals surface area contributed by atoms with E-state index in [1.54, 1.807) is 44.3 Å². The highest BCUT2D eigenvalue weighted by Crippen LogP contribution is 2.26. The van der Waals surface area contributed by atoms with Crippen LogP contribution in [0.4, 0.5) is 5.69 Å². The largest absolute Gasteiger partial charge is 0.309 e. The Labute approximate surface area is 259 Å². The number of sulfonamides is 1. The summed E-state index contributed by atoms with van der Waals surface area (Å²) in [6.07, 6.45) is -0.336. The van der Waals surface area contributed by atoms with Gasteiger partial charge in [-0.15, -0.1) is 11.3 Å². The van der Waals surface area contributed by atoms with Crippen molar-refractivity contribution in [3.8, 4) is 5.69 Å². The van der Waals surface area contributed by atoms with Gasteiger partial charge in [-0.05, 0) is 56.7 Å². The summed E-state index contributed by atoms with van der Waals surface area (Å²) in [7, 11) is -2.77. The maximum atomic E-state index is 13.3. The Kier molecular flexibility index (Phi) is 8.20. The Hall–Kier alpha value is -4.73. The molecule has 0 saturated heterocycles. The number of rotatable bonds is 7. The molecule has 2 amide bonds. The molecule has 0 atom stereocenters. The minimum Gasteiger partial charge on any atom is -0.309 e. The SMILES string of the molecule is Cc1sc2nc(CC(=O)NNC(=O)c3cc(Cl)cc(S(=O)(=O)Nc4c(C)n(C)n(-c5ccccc5)c4=O)c3)[nH]c(=O)c2c1C. The van der Waals surface area contributed by atoms with E-state index in [4.69, 9.17) is 11.6 Å². The number of halogens is 1. The van der Waals surface area contributed by atoms with Crippen LogP contribution in [-0.4, -0.2) is 39.6 Å². The number of hydrogen-bond acceptors (Lipinski definition) is 8. The van der Waals surface area contributed by atoms with E-state index in [1.165, 1.54) is 26.8 Å². The number of hydrazine groups is 1. The minimum absolute atomic E-state index is 0.0764. The number of nitrogens with zero attached hydrogens (tertiary/aromatic N) is 3. The number of H-pyrrole nitrogens is 1. The molecule has 44 heavy (non-hydrogen) atoms. The zero-order chi connectivity index (χ0) is 31.9. The van der Waals surface area contributed by atoms with Gasteiger partial charge in [0, 0.05) is 22.5 Å². The first kappa shape index (κ1) is 30.7. The lowest BCUT2D eigenvalue weighted by Gasteiger charge is -2.11. The van der Waals surface area contributed by atoms with Crippen LogP contribution < -0.4 is 26.7 Å². The van der Waals surface area contributed by atoms with Crippen molar-refractivity contribution < 1.29 is 18.0 Å². The third-order valence-electron chi connectivity index (χ3n) is 6.97. The molecule has 5 aromatic rings. The Morgan fingerprint density at radius 1 is 1.05 bits per heavy atom. The van der Waals surface area contributed by atoms with E-state index in [9.17, 15) is 27.6 Å². The molecule has 3 aromatic heterocycles. The summed E-state index contributed by atoms with van der Waals surface area (Å²) in [5, 5.41) is 0.392. The van der Waals surface area contributed by atoms with Crippen molar-refractivity contribution in [2.24, 2.45) is 7.05 Å². The van der Waals surface area contributed by atoms with Crippen LogP contribution >= 0.6 is 22.9 Å². The fourth-order valence-electron chi connectivity index (χ4n) is 4.51. The van der Waals surface area contributed by atoms with Crippen molar-refractivity contribution in [1.29, 1.82) is 0 Å². The molecule has 0 aliphatic heterocycles. The van der Waals surface area contributed by atoms with Crippen molar-refractivity contribution >= 4 is 60.7 Å². The molecule has 4 N–H and O–H groups in total. The minimum atomic E-state index is -4.39. The van der Waals surface area contributed by atoms with E-state index in [-0.39, 0.29) is 39.0 Å². The normalized spacial score (nSPS) is 11.5. The molecular weight excluding hydrogens is 630 g/mol. The van der Waals surface area contributed by atoms with Gasteiger partial charge in [-0.1, -0.05) is 29.8 Å². The fourth-order valence-corrected chi connectivity index (χ4v) is 7.04. The van der Waals surface area contributed by atoms with E-state index in [2.05, 4.69) is 25.5 Å². The summed E-state index contributed by atoms with van der Waals surface area (Å²) in [4.78, 5) is 59.0. The van der Waals surface area contributed by atoms with Crippen LogP contribution in [0.2, 0.25) is 5.02 Å². The molecule has 16 heteroatoms. The second-order valence-corrected chi connectivity index (χ2v) is 13.2. The predicted molar refractivity (Wildman–Crippen MR) is 167 cm³/mol. The lowest BCUT2D eigenvalue weighted by atomic mass is 10.2. The van der Waals surface area contributed by atoms with Crippen molar-refractivity contribution in [3.63, 3.8) is 0 Å². The summed E-state index contributed by atoms with van der Waals surface area (Å²) in [6.45, 7) is 5.28. The molecule has 0 spiro atoms. The topological polar surface area (TPSA) is 177 Å². The maximum Gasteiger partial charge on any atom is 0.296 e. The first-order chi connectivity index (χ1) is 20.8. The van der Waals surface area contributed by atoms with Crippen molar-refractivity contribution in [2.75, 3.05) is 4.72 Å². The van der Waals surface area contributed by atoms with Gasteiger partial charge in [-0.2, -0.15) is 0 Å². The monoisotopic (exact) mass is 655 g/mol. The number of anilines is 1. The Morgan fingerprint density at radius 2 is 1.75 bits per heavy atom. The molecular formula is C28H26ClN7O6S2. The van der Waals surface area contributed by atoms with Gasteiger partial charge in [0.1, 0.15) is 16.3 Å². The number of carbonyl (C=O) groups excluding carboxylic acids is 2. The fraction of sp³-hybridized carbons (Fsp3) is 0.179. The van der Waals surface area contributed by atoms with Gasteiger partial charge >= 0.3 is 0 Å². The Balaban J connectivity index is 1.32. The first-order valence-corrected chi connectivity index (χ1v) is 15.7. The summed E-state index contributed by atoms with van der Waals surface area (Å²) in [5.74, 6) is -1.43. The Morgan fingerprint density at radius 3 is 2.45 bits per heavy atom. The number of benzene rings is 2. The second-order valence-electron chi connectivity index (χ2n) is 9.87. The zero-order valence-electron chi connectivity index (χ0n) is 23.8. The third kappa shape index (κ3) is 5.89. The van der Waals surface area contributed by atoms with E-state index in [0.717, 1.165) is 22.6 Å². The second kappa shape index (κ2) is 11.7. The number of hydrogen-bond donors (Lipinski definition) is 4. The van der Waals surface area contributed by atoms with Gasteiger partial charge in [0.2, 0.25) is 5.91 Å². The first-order valence-electron chi connectivity index (χ1n) is 13.0. The smallest absolute Gasteiger partial charge is 0.296 e. The standard InChI is InChI=1S/C28H26ClN7O6S2/c1-14-16(3)43-27-23(14)26(39)30-21(31-27)13-22(37)32-33-25(38)17-10-18(29)12-20(11-17)44(41,42)34-24-15(2)35(4)36(28(24)40)19-8-6-5-7-9-19/h5-12,34H,13H2,1-4H3,(H,32,37)(H,33,38)(H,30,31,39). The van der Waals surface area contributed by atoms with Crippen LogP contribution in [-0.2, 0) is 28.3 Å². The number of amides is 2. The van der Waals surface area contributed by atoms with E-state index in [1.807, 2.05) is 13.8 Å². The summed E-state index contributed by atoms with van der Waals surface area (Å²) in [5.41, 5.74) is 4.82. The lowest BCUT2D eigenvalue weighted by molar-refractivity contribution is -0.121. The number of carbonyl (C=O) groups is 2. The zero-order valence-corrected chi connectivity index (χ0v) is 26.2. The predicted octanol–water partition coefficient (Wildman–Crippen LogP) is 2.86. The number of nitrogens with one attached hydrogen (secondary N) is 4. The van der Waals surface area contributed by atoms with Crippen molar-refractivity contribution in [3.05, 3.63) is 102 Å². The van der Waals surface area contributed by atoms with Crippen LogP contribution in [0.1, 0.15) is 32.3 Å². The molecule has 0 unspecified atom stereocenters. The molecule has 0 bridgehead atoms. The van der Waals surface area contributed by atoms with E-state index in [0.29, 0.717) is 21.6 Å². The van der Waals surface area contributed by atoms with Gasteiger partial charge in [0.25, 0.3) is 27.0 Å². The Bertz CT molecular complexity index is 2180. The number of thiophene rings is 1. The van der Waals surface area contributed by atoms with E-state index < -0.39 is 27.4 Å². The maximum absolute atomic E-state index is 13.3.